The SMILES string of the molecule is CCn1ccnc1C(=O)c1cc(Br)cc(Br)c1. The molecule has 88 valence electrons. The number of aromatic nitrogens is 2. The molecule has 0 radical (unpaired) electrons. The molecular formula is C12H10Br2N2O. The van der Waals surface area contributed by atoms with E-state index in [-0.39, 0.29) is 5.78 Å². The van der Waals surface area contributed by atoms with Gasteiger partial charge in [-0.25, -0.2) is 4.98 Å². The van der Waals surface area contributed by atoms with Crippen LogP contribution in [0.15, 0.2) is 39.5 Å². The Balaban J connectivity index is 2.43. The van der Waals surface area contributed by atoms with Crippen molar-refractivity contribution in [3.8, 4) is 0 Å². The summed E-state index contributed by atoms with van der Waals surface area (Å²) in [5.74, 6) is 0.399. The van der Waals surface area contributed by atoms with Gasteiger partial charge >= 0.3 is 0 Å². The maximum atomic E-state index is 12.3. The minimum absolute atomic E-state index is 0.0705. The summed E-state index contributed by atoms with van der Waals surface area (Å²) in [6.45, 7) is 2.71. The zero-order chi connectivity index (χ0) is 12.4. The van der Waals surface area contributed by atoms with Crippen LogP contribution in [0, 0.1) is 0 Å². The molecule has 0 amide bonds. The molecule has 1 aromatic heterocycles. The minimum atomic E-state index is -0.0705. The third kappa shape index (κ3) is 2.66. The van der Waals surface area contributed by atoms with E-state index < -0.39 is 0 Å². The largest absolute Gasteiger partial charge is 0.328 e. The van der Waals surface area contributed by atoms with Crippen molar-refractivity contribution in [3.05, 3.63) is 50.9 Å². The maximum absolute atomic E-state index is 12.3. The first-order valence-corrected chi connectivity index (χ1v) is 6.72. The van der Waals surface area contributed by atoms with Crippen LogP contribution >= 0.6 is 31.9 Å². The minimum Gasteiger partial charge on any atom is -0.328 e. The van der Waals surface area contributed by atoms with Gasteiger partial charge in [0, 0.05) is 33.4 Å². The molecule has 0 spiro atoms. The number of hydrogen-bond donors (Lipinski definition) is 0. The molecule has 0 atom stereocenters. The summed E-state index contributed by atoms with van der Waals surface area (Å²) in [6, 6.07) is 5.48. The van der Waals surface area contributed by atoms with Gasteiger partial charge in [-0.05, 0) is 25.1 Å². The van der Waals surface area contributed by atoms with Crippen LogP contribution in [-0.2, 0) is 6.54 Å². The van der Waals surface area contributed by atoms with E-state index >= 15 is 0 Å². The van der Waals surface area contributed by atoms with Crippen molar-refractivity contribution in [3.63, 3.8) is 0 Å². The monoisotopic (exact) mass is 356 g/mol. The maximum Gasteiger partial charge on any atom is 0.228 e. The van der Waals surface area contributed by atoms with Crippen molar-refractivity contribution in [2.75, 3.05) is 0 Å². The Labute approximate surface area is 116 Å². The van der Waals surface area contributed by atoms with E-state index in [1.807, 2.05) is 17.6 Å². The second-order valence-corrected chi connectivity index (χ2v) is 5.36. The molecule has 2 rings (SSSR count). The van der Waals surface area contributed by atoms with E-state index in [2.05, 4.69) is 36.8 Å². The van der Waals surface area contributed by atoms with Gasteiger partial charge < -0.3 is 4.57 Å². The quantitative estimate of drug-likeness (QED) is 0.785. The van der Waals surface area contributed by atoms with Gasteiger partial charge in [0.15, 0.2) is 5.82 Å². The fourth-order valence-electron chi connectivity index (χ4n) is 1.59. The number of imidazole rings is 1. The summed E-state index contributed by atoms with van der Waals surface area (Å²) in [5.41, 5.74) is 0.618. The van der Waals surface area contributed by atoms with E-state index in [1.54, 1.807) is 24.5 Å². The van der Waals surface area contributed by atoms with Crippen LogP contribution < -0.4 is 0 Å². The van der Waals surface area contributed by atoms with Crippen molar-refractivity contribution >= 4 is 37.6 Å². The van der Waals surface area contributed by atoms with Gasteiger partial charge in [-0.1, -0.05) is 31.9 Å². The average molecular weight is 358 g/mol. The summed E-state index contributed by atoms with van der Waals surface area (Å²) in [5, 5.41) is 0. The van der Waals surface area contributed by atoms with Gasteiger partial charge in [0.25, 0.3) is 0 Å². The van der Waals surface area contributed by atoms with E-state index in [0.29, 0.717) is 11.4 Å². The Hall–Kier alpha value is -0.940. The smallest absolute Gasteiger partial charge is 0.228 e. The highest BCUT2D eigenvalue weighted by Crippen LogP contribution is 2.21. The van der Waals surface area contributed by atoms with Crippen LogP contribution in [0.2, 0.25) is 0 Å². The summed E-state index contributed by atoms with van der Waals surface area (Å²) in [6.07, 6.45) is 3.45. The number of carbonyl (C=O) groups is 1. The van der Waals surface area contributed by atoms with Gasteiger partial charge in [-0.2, -0.15) is 0 Å². The molecule has 0 N–H and O–H groups in total. The van der Waals surface area contributed by atoms with Crippen molar-refractivity contribution in [1.82, 2.24) is 9.55 Å². The van der Waals surface area contributed by atoms with E-state index in [1.165, 1.54) is 0 Å². The molecule has 17 heavy (non-hydrogen) atoms. The first-order valence-electron chi connectivity index (χ1n) is 5.13. The Morgan fingerprint density at radius 3 is 2.53 bits per heavy atom. The van der Waals surface area contributed by atoms with Gasteiger partial charge in [0.1, 0.15) is 0 Å². The van der Waals surface area contributed by atoms with Crippen LogP contribution in [-0.4, -0.2) is 15.3 Å². The third-order valence-electron chi connectivity index (χ3n) is 2.38. The zero-order valence-corrected chi connectivity index (χ0v) is 12.3. The molecule has 0 fully saturated rings. The van der Waals surface area contributed by atoms with Gasteiger partial charge in [-0.3, -0.25) is 4.79 Å². The normalized spacial score (nSPS) is 10.5. The summed E-state index contributed by atoms with van der Waals surface area (Å²) < 4.78 is 3.56. The van der Waals surface area contributed by atoms with E-state index in [0.717, 1.165) is 15.5 Å². The highest BCUT2D eigenvalue weighted by Gasteiger charge is 2.15. The molecule has 2 aromatic rings. The van der Waals surface area contributed by atoms with Crippen LogP contribution in [0.4, 0.5) is 0 Å². The topological polar surface area (TPSA) is 34.9 Å². The lowest BCUT2D eigenvalue weighted by atomic mass is 10.1. The lowest BCUT2D eigenvalue weighted by Gasteiger charge is -2.05. The first-order chi connectivity index (χ1) is 8.11. The molecule has 0 unspecified atom stereocenters. The highest BCUT2D eigenvalue weighted by molar-refractivity contribution is 9.11. The molecule has 0 aliphatic carbocycles. The number of aryl methyl sites for hydroxylation is 1. The Bertz CT molecular complexity index is 543. The standard InChI is InChI=1S/C12H10Br2N2O/c1-2-16-4-3-15-12(16)11(17)8-5-9(13)7-10(14)6-8/h3-7H,2H2,1H3. The van der Waals surface area contributed by atoms with Gasteiger partial charge in [0.05, 0.1) is 0 Å². The summed E-state index contributed by atoms with van der Waals surface area (Å²) >= 11 is 6.74. The molecule has 0 aliphatic heterocycles. The van der Waals surface area contributed by atoms with Crippen LogP contribution in [0.25, 0.3) is 0 Å². The average Bonchev–Trinajstić information content (AvgIpc) is 2.74. The van der Waals surface area contributed by atoms with Gasteiger partial charge in [0.2, 0.25) is 5.78 Å². The molecule has 0 saturated carbocycles. The number of benzene rings is 1. The summed E-state index contributed by atoms with van der Waals surface area (Å²) in [7, 11) is 0. The van der Waals surface area contributed by atoms with Crippen molar-refractivity contribution in [2.45, 2.75) is 13.5 Å². The number of carbonyl (C=O) groups excluding carboxylic acids is 1. The molecule has 1 heterocycles. The van der Waals surface area contributed by atoms with Crippen LogP contribution in [0.1, 0.15) is 23.1 Å². The molecular weight excluding hydrogens is 348 g/mol. The second kappa shape index (κ2) is 5.14. The predicted molar refractivity (Wildman–Crippen MR) is 73.2 cm³/mol. The lowest BCUT2D eigenvalue weighted by molar-refractivity contribution is 0.102. The second-order valence-electron chi connectivity index (χ2n) is 3.52. The predicted octanol–water partition coefficient (Wildman–Crippen LogP) is 3.66. The van der Waals surface area contributed by atoms with Crippen molar-refractivity contribution < 1.29 is 4.79 Å². The Kier molecular flexibility index (Phi) is 3.79. The molecule has 5 heteroatoms. The molecule has 3 nitrogen and oxygen atoms in total. The summed E-state index contributed by atoms with van der Waals surface area (Å²) in [4.78, 5) is 16.4. The van der Waals surface area contributed by atoms with Gasteiger partial charge in [-0.15, -0.1) is 0 Å². The van der Waals surface area contributed by atoms with Crippen molar-refractivity contribution in [2.24, 2.45) is 0 Å². The number of nitrogens with zero attached hydrogens (tertiary/aromatic N) is 2. The molecule has 0 saturated heterocycles. The number of halogens is 2. The highest BCUT2D eigenvalue weighted by atomic mass is 79.9. The van der Waals surface area contributed by atoms with Crippen LogP contribution in [0.3, 0.4) is 0 Å². The Morgan fingerprint density at radius 1 is 1.29 bits per heavy atom. The number of rotatable bonds is 3. The number of ketones is 1. The molecule has 0 aliphatic rings. The lowest BCUT2D eigenvalue weighted by Crippen LogP contribution is -2.10. The molecule has 1 aromatic carbocycles. The van der Waals surface area contributed by atoms with Crippen molar-refractivity contribution in [1.29, 1.82) is 0 Å². The zero-order valence-electron chi connectivity index (χ0n) is 9.15. The fraction of sp³-hybridized carbons (Fsp3) is 0.167. The third-order valence-corrected chi connectivity index (χ3v) is 3.30. The van der Waals surface area contributed by atoms with E-state index in [9.17, 15) is 4.79 Å². The number of hydrogen-bond acceptors (Lipinski definition) is 2. The Morgan fingerprint density at radius 2 is 1.94 bits per heavy atom. The first kappa shape index (κ1) is 12.5. The fourth-order valence-corrected chi connectivity index (χ4v) is 2.88. The van der Waals surface area contributed by atoms with Crippen LogP contribution in [0.5, 0.6) is 0 Å². The van der Waals surface area contributed by atoms with E-state index in [4.69, 9.17) is 0 Å². The molecule has 0 bridgehead atoms.